The van der Waals surface area contributed by atoms with Gasteiger partial charge in [-0.15, -0.1) is 0 Å². The lowest BCUT2D eigenvalue weighted by atomic mass is 9.96. The van der Waals surface area contributed by atoms with Crippen molar-refractivity contribution in [1.82, 2.24) is 10.3 Å². The Morgan fingerprint density at radius 2 is 1.83 bits per heavy atom. The van der Waals surface area contributed by atoms with Crippen LogP contribution in [-0.2, 0) is 18.9 Å². The third kappa shape index (κ3) is 6.67. The van der Waals surface area contributed by atoms with Crippen molar-refractivity contribution < 1.29 is 43.2 Å². The Labute approximate surface area is 202 Å². The molecule has 11 heteroatoms. The Hall–Kier alpha value is -3.70. The molecule has 1 aliphatic carbocycles. The van der Waals surface area contributed by atoms with Gasteiger partial charge in [0, 0.05) is 24.8 Å². The third-order valence-electron chi connectivity index (χ3n) is 5.29. The number of hydrogen-bond donors (Lipinski definition) is 2. The molecule has 35 heavy (non-hydrogen) atoms. The average Bonchev–Trinajstić information content (AvgIpc) is 3.70. The first kappa shape index (κ1) is 25.9. The Morgan fingerprint density at radius 1 is 1.06 bits per heavy atom. The quantitative estimate of drug-likeness (QED) is 0.259. The van der Waals surface area contributed by atoms with Crippen LogP contribution < -0.4 is 10.1 Å². The predicted molar refractivity (Wildman–Crippen MR) is 122 cm³/mol. The van der Waals surface area contributed by atoms with Crippen molar-refractivity contribution in [3.05, 3.63) is 41.2 Å². The summed E-state index contributed by atoms with van der Waals surface area (Å²) < 4.78 is 25.2. The lowest BCUT2D eigenvalue weighted by Gasteiger charge is -2.15. The van der Waals surface area contributed by atoms with Gasteiger partial charge in [0.2, 0.25) is 0 Å². The first-order chi connectivity index (χ1) is 16.9. The summed E-state index contributed by atoms with van der Waals surface area (Å²) in [5, 5.41) is 13.1. The van der Waals surface area contributed by atoms with Crippen molar-refractivity contribution in [2.24, 2.45) is 5.92 Å². The van der Waals surface area contributed by atoms with Gasteiger partial charge in [0.25, 0.3) is 5.91 Å². The average molecular weight is 488 g/mol. The van der Waals surface area contributed by atoms with Crippen molar-refractivity contribution in [1.29, 1.82) is 0 Å². The van der Waals surface area contributed by atoms with Crippen LogP contribution in [0.15, 0.2) is 24.3 Å². The van der Waals surface area contributed by atoms with Crippen molar-refractivity contribution in [3.8, 4) is 22.6 Å². The number of pyridine rings is 1. The highest BCUT2D eigenvalue weighted by Crippen LogP contribution is 2.37. The van der Waals surface area contributed by atoms with Gasteiger partial charge in [0.05, 0.1) is 33.0 Å². The van der Waals surface area contributed by atoms with E-state index >= 15 is 0 Å². The van der Waals surface area contributed by atoms with E-state index in [0.717, 1.165) is 18.9 Å². The lowest BCUT2D eigenvalue weighted by Crippen LogP contribution is -2.27. The number of nitrogens with zero attached hydrogens (tertiary/aromatic N) is 1. The van der Waals surface area contributed by atoms with Gasteiger partial charge in [-0.3, -0.25) is 4.79 Å². The van der Waals surface area contributed by atoms with Gasteiger partial charge in [-0.2, -0.15) is 0 Å². The minimum atomic E-state index is -0.822. The fourth-order valence-corrected chi connectivity index (χ4v) is 3.20. The number of aromatic hydroxyl groups is 1. The molecule has 0 radical (unpaired) electrons. The number of rotatable bonds is 12. The summed E-state index contributed by atoms with van der Waals surface area (Å²) in [6.45, 7) is 0.718. The number of nitrogens with one attached hydrogen (secondary N) is 1. The molecular formula is C24H28N2O9. The van der Waals surface area contributed by atoms with Gasteiger partial charge in [-0.25, -0.2) is 14.6 Å². The number of ether oxygens (including phenoxy) is 5. The second-order valence-electron chi connectivity index (χ2n) is 7.76. The van der Waals surface area contributed by atoms with Crippen LogP contribution in [0, 0.1) is 5.92 Å². The van der Waals surface area contributed by atoms with Crippen LogP contribution in [0.5, 0.6) is 11.5 Å². The van der Waals surface area contributed by atoms with E-state index in [1.54, 1.807) is 0 Å². The lowest BCUT2D eigenvalue weighted by molar-refractivity contribution is -0.0435. The number of phenolic OH excluding ortho intramolecular Hbond substituents is 1. The van der Waals surface area contributed by atoms with Gasteiger partial charge < -0.3 is 34.1 Å². The number of esters is 2. The minimum absolute atomic E-state index is 0.0243. The van der Waals surface area contributed by atoms with Gasteiger partial charge in [0.1, 0.15) is 5.69 Å². The highest BCUT2D eigenvalue weighted by atomic mass is 16.7. The van der Waals surface area contributed by atoms with E-state index in [9.17, 15) is 19.5 Å². The Morgan fingerprint density at radius 3 is 2.49 bits per heavy atom. The Balaban J connectivity index is 1.98. The number of amides is 1. The number of carbonyl (C=O) groups excluding carboxylic acids is 3. The summed E-state index contributed by atoms with van der Waals surface area (Å²) in [6.07, 6.45) is 2.14. The summed E-state index contributed by atoms with van der Waals surface area (Å²) in [6, 6.07) is 5.44. The first-order valence-corrected chi connectivity index (χ1v) is 10.9. The van der Waals surface area contributed by atoms with E-state index in [4.69, 9.17) is 23.7 Å². The second-order valence-corrected chi connectivity index (χ2v) is 7.76. The molecular weight excluding hydrogens is 460 g/mol. The second kappa shape index (κ2) is 12.1. The molecule has 1 amide bonds. The van der Waals surface area contributed by atoms with Crippen LogP contribution in [0.25, 0.3) is 11.1 Å². The summed E-state index contributed by atoms with van der Waals surface area (Å²) in [7, 11) is 4.03. The maximum absolute atomic E-state index is 12.8. The van der Waals surface area contributed by atoms with Crippen LogP contribution in [0.4, 0.5) is 0 Å². The number of aromatic nitrogens is 1. The summed E-state index contributed by atoms with van der Waals surface area (Å²) in [5.74, 6) is -1.86. The maximum Gasteiger partial charge on any atom is 0.357 e. The molecule has 2 aromatic rings. The van der Waals surface area contributed by atoms with Crippen LogP contribution in [-0.4, -0.2) is 75.8 Å². The predicted octanol–water partition coefficient (Wildman–Crippen LogP) is 2.17. The van der Waals surface area contributed by atoms with Gasteiger partial charge in [-0.1, -0.05) is 0 Å². The number of phenols is 1. The van der Waals surface area contributed by atoms with Crippen molar-refractivity contribution >= 4 is 17.8 Å². The number of carbonyl (C=O) groups is 3. The molecule has 1 aliphatic rings. The molecule has 1 aromatic carbocycles. The molecule has 0 bridgehead atoms. The van der Waals surface area contributed by atoms with E-state index in [1.165, 1.54) is 39.5 Å². The maximum atomic E-state index is 12.8. The van der Waals surface area contributed by atoms with Gasteiger partial charge in [0.15, 0.2) is 24.0 Å². The highest BCUT2D eigenvalue weighted by molar-refractivity contribution is 6.04. The highest BCUT2D eigenvalue weighted by Gasteiger charge is 2.26. The van der Waals surface area contributed by atoms with E-state index in [1.807, 2.05) is 0 Å². The van der Waals surface area contributed by atoms with Crippen LogP contribution >= 0.6 is 0 Å². The Kier molecular flexibility index (Phi) is 8.98. The number of hydrogen-bond acceptors (Lipinski definition) is 10. The molecule has 0 atom stereocenters. The molecule has 1 fully saturated rings. The standard InChI is InChI=1S/C24H28N2O9/c1-31-8-9-34-13-35-23(29)17-10-19(27)20(32-2)11-16(17)15-6-7-18(26-21(15)24(30)33-3)22(28)25-12-14-4-5-14/h6-7,10-11,14,27H,4-5,8-9,12-13H2,1-3H3,(H,25,28). The molecule has 0 saturated heterocycles. The van der Waals surface area contributed by atoms with Crippen LogP contribution in [0.1, 0.15) is 44.2 Å². The van der Waals surface area contributed by atoms with Crippen LogP contribution in [0.2, 0.25) is 0 Å². The van der Waals surface area contributed by atoms with Crippen molar-refractivity contribution in [3.63, 3.8) is 0 Å². The largest absolute Gasteiger partial charge is 0.504 e. The fraction of sp³-hybridized carbons (Fsp3) is 0.417. The molecule has 3 rings (SSSR count). The fourth-order valence-electron chi connectivity index (χ4n) is 3.20. The van der Waals surface area contributed by atoms with Crippen molar-refractivity contribution in [2.75, 3.05) is 47.9 Å². The molecule has 1 heterocycles. The molecule has 188 valence electrons. The van der Waals surface area contributed by atoms with Crippen molar-refractivity contribution in [2.45, 2.75) is 12.8 Å². The van der Waals surface area contributed by atoms with E-state index in [0.29, 0.717) is 19.1 Å². The van der Waals surface area contributed by atoms with Gasteiger partial charge >= 0.3 is 11.9 Å². The van der Waals surface area contributed by atoms with E-state index in [-0.39, 0.29) is 53.0 Å². The van der Waals surface area contributed by atoms with Gasteiger partial charge in [-0.05, 0) is 43.0 Å². The zero-order valence-corrected chi connectivity index (χ0v) is 19.8. The zero-order valence-electron chi connectivity index (χ0n) is 19.8. The smallest absolute Gasteiger partial charge is 0.357 e. The van der Waals surface area contributed by atoms with Crippen LogP contribution in [0.3, 0.4) is 0 Å². The van der Waals surface area contributed by atoms with E-state index < -0.39 is 17.8 Å². The topological polar surface area (TPSA) is 143 Å². The molecule has 0 aliphatic heterocycles. The first-order valence-electron chi connectivity index (χ1n) is 10.9. The summed E-state index contributed by atoms with van der Waals surface area (Å²) in [5.41, 5.74) is 0.123. The SMILES string of the molecule is COCCOCOC(=O)c1cc(O)c(OC)cc1-c1ccc(C(=O)NCC2CC2)nc1C(=O)OC. The molecule has 0 spiro atoms. The minimum Gasteiger partial charge on any atom is -0.504 e. The number of methoxy groups -OCH3 is 3. The normalized spacial score (nSPS) is 12.7. The third-order valence-corrected chi connectivity index (χ3v) is 5.29. The number of benzene rings is 1. The summed E-state index contributed by atoms with van der Waals surface area (Å²) >= 11 is 0. The molecule has 1 aromatic heterocycles. The zero-order chi connectivity index (χ0) is 25.4. The molecule has 11 nitrogen and oxygen atoms in total. The van der Waals surface area contributed by atoms with E-state index in [2.05, 4.69) is 10.3 Å². The summed E-state index contributed by atoms with van der Waals surface area (Å²) in [4.78, 5) is 42.1. The monoisotopic (exact) mass is 488 g/mol. The molecule has 1 saturated carbocycles. The molecule has 0 unspecified atom stereocenters. The molecule has 2 N–H and O–H groups in total. The Bertz CT molecular complexity index is 1080.